The molecule has 0 aromatic heterocycles. The molecule has 2 rings (SSSR count). The Hall–Kier alpha value is -2.71. The highest BCUT2D eigenvalue weighted by atomic mass is 19.1. The second-order valence-electron chi connectivity index (χ2n) is 7.09. The number of carboxylic acids is 1. The van der Waals surface area contributed by atoms with E-state index in [9.17, 15) is 28.3 Å². The van der Waals surface area contributed by atoms with Crippen molar-refractivity contribution in [2.45, 2.75) is 45.9 Å². The summed E-state index contributed by atoms with van der Waals surface area (Å²) in [7, 11) is 0. The standard InChI is InChI=1S/C19H23F2NO6/c1-10(2)18(25)27-11(3)28-19(26)22-9-12(7-16(22)17(23)24)6-13-8-14(20)4-5-15(13)21/h4-5,8,10-12,16H,6-7,9H2,1-3H3,(H,23,24)/t11-,12+,16+/m1/s1. The number of nitrogens with zero attached hydrogens (tertiary/aromatic N) is 1. The summed E-state index contributed by atoms with van der Waals surface area (Å²) in [5.74, 6) is -3.78. The predicted octanol–water partition coefficient (Wildman–Crippen LogP) is 2.96. The number of likely N-dealkylation sites (tertiary alicyclic amines) is 1. The van der Waals surface area contributed by atoms with Gasteiger partial charge >= 0.3 is 18.0 Å². The third-order valence-electron chi connectivity index (χ3n) is 4.44. The molecular formula is C19H23F2NO6. The number of carboxylic acid groups (broad SMARTS) is 1. The van der Waals surface area contributed by atoms with Crippen LogP contribution in [0.25, 0.3) is 0 Å². The molecular weight excluding hydrogens is 376 g/mol. The molecule has 1 aliphatic rings. The zero-order valence-corrected chi connectivity index (χ0v) is 15.9. The number of halogens is 2. The van der Waals surface area contributed by atoms with Crippen LogP contribution >= 0.6 is 0 Å². The summed E-state index contributed by atoms with van der Waals surface area (Å²) in [6.07, 6.45) is -1.98. The Morgan fingerprint density at radius 1 is 1.21 bits per heavy atom. The van der Waals surface area contributed by atoms with E-state index < -0.39 is 53.8 Å². The first-order chi connectivity index (χ1) is 13.1. The van der Waals surface area contributed by atoms with Gasteiger partial charge in [-0.2, -0.15) is 0 Å². The van der Waals surface area contributed by atoms with Crippen LogP contribution in [0.3, 0.4) is 0 Å². The second kappa shape index (κ2) is 8.99. The molecule has 1 aromatic carbocycles. The lowest BCUT2D eigenvalue weighted by molar-refractivity contribution is -0.170. The number of carbonyl (C=O) groups excluding carboxylic acids is 2. The van der Waals surface area contributed by atoms with Gasteiger partial charge in [-0.05, 0) is 42.5 Å². The van der Waals surface area contributed by atoms with Crippen LogP contribution in [0.5, 0.6) is 0 Å². The molecule has 0 radical (unpaired) electrons. The normalized spacial score (nSPS) is 20.1. The minimum Gasteiger partial charge on any atom is -0.480 e. The molecule has 1 saturated heterocycles. The van der Waals surface area contributed by atoms with Gasteiger partial charge in [0.2, 0.25) is 6.29 Å². The molecule has 1 heterocycles. The lowest BCUT2D eigenvalue weighted by Gasteiger charge is -2.23. The van der Waals surface area contributed by atoms with E-state index in [1.165, 1.54) is 6.92 Å². The average molecular weight is 399 g/mol. The molecule has 0 unspecified atom stereocenters. The van der Waals surface area contributed by atoms with Gasteiger partial charge in [0.25, 0.3) is 0 Å². The topological polar surface area (TPSA) is 93.1 Å². The van der Waals surface area contributed by atoms with E-state index in [1.807, 2.05) is 0 Å². The Balaban J connectivity index is 2.04. The molecule has 1 aromatic rings. The Kier molecular flexibility index (Phi) is 6.93. The van der Waals surface area contributed by atoms with Crippen molar-refractivity contribution in [3.05, 3.63) is 35.4 Å². The minimum absolute atomic E-state index is 0.00337. The van der Waals surface area contributed by atoms with Gasteiger partial charge in [-0.25, -0.2) is 18.4 Å². The number of aliphatic carboxylic acids is 1. The summed E-state index contributed by atoms with van der Waals surface area (Å²) in [6, 6.07) is 1.89. The van der Waals surface area contributed by atoms with E-state index in [1.54, 1.807) is 13.8 Å². The van der Waals surface area contributed by atoms with Gasteiger partial charge in [-0.3, -0.25) is 9.69 Å². The van der Waals surface area contributed by atoms with Gasteiger partial charge in [0.05, 0.1) is 5.92 Å². The summed E-state index contributed by atoms with van der Waals surface area (Å²) in [5, 5.41) is 9.40. The second-order valence-corrected chi connectivity index (χ2v) is 7.09. The van der Waals surface area contributed by atoms with Gasteiger partial charge in [-0.15, -0.1) is 0 Å². The Morgan fingerprint density at radius 3 is 2.50 bits per heavy atom. The van der Waals surface area contributed by atoms with Crippen LogP contribution in [0.4, 0.5) is 13.6 Å². The van der Waals surface area contributed by atoms with Crippen LogP contribution in [0.15, 0.2) is 18.2 Å². The van der Waals surface area contributed by atoms with E-state index in [0.29, 0.717) is 0 Å². The zero-order chi connectivity index (χ0) is 21.0. The Bertz CT molecular complexity index is 754. The molecule has 0 spiro atoms. The number of benzene rings is 1. The molecule has 0 aliphatic carbocycles. The molecule has 9 heteroatoms. The van der Waals surface area contributed by atoms with Crippen molar-refractivity contribution in [3.8, 4) is 0 Å². The first kappa shape index (κ1) is 21.6. The molecule has 7 nitrogen and oxygen atoms in total. The third kappa shape index (κ3) is 5.40. The SMILES string of the molecule is CC(C)C(=O)O[C@@H](C)OC(=O)N1C[C@@H](Cc2cc(F)ccc2F)C[C@H]1C(=O)O. The average Bonchev–Trinajstić information content (AvgIpc) is 3.02. The van der Waals surface area contributed by atoms with Crippen LogP contribution in [0.2, 0.25) is 0 Å². The molecule has 1 amide bonds. The summed E-state index contributed by atoms with van der Waals surface area (Å²) in [4.78, 5) is 36.4. The van der Waals surface area contributed by atoms with Crippen molar-refractivity contribution in [2.24, 2.45) is 11.8 Å². The van der Waals surface area contributed by atoms with Gasteiger partial charge in [-0.1, -0.05) is 13.8 Å². The van der Waals surface area contributed by atoms with Crippen LogP contribution in [0.1, 0.15) is 32.8 Å². The largest absolute Gasteiger partial charge is 0.480 e. The fourth-order valence-corrected chi connectivity index (χ4v) is 3.05. The third-order valence-corrected chi connectivity index (χ3v) is 4.44. The summed E-state index contributed by atoms with van der Waals surface area (Å²) < 4.78 is 37.2. The zero-order valence-electron chi connectivity index (χ0n) is 15.9. The highest BCUT2D eigenvalue weighted by molar-refractivity contribution is 5.81. The number of ether oxygens (including phenoxy) is 2. The number of esters is 1. The molecule has 0 bridgehead atoms. The highest BCUT2D eigenvalue weighted by Crippen LogP contribution is 2.28. The highest BCUT2D eigenvalue weighted by Gasteiger charge is 2.41. The van der Waals surface area contributed by atoms with Crippen molar-refractivity contribution >= 4 is 18.0 Å². The Labute approximate surface area is 161 Å². The number of carbonyl (C=O) groups is 3. The van der Waals surface area contributed by atoms with Crippen molar-refractivity contribution < 1.29 is 37.7 Å². The monoisotopic (exact) mass is 399 g/mol. The molecule has 28 heavy (non-hydrogen) atoms. The van der Waals surface area contributed by atoms with Crippen molar-refractivity contribution in [1.29, 1.82) is 0 Å². The van der Waals surface area contributed by atoms with Crippen molar-refractivity contribution in [1.82, 2.24) is 4.90 Å². The van der Waals surface area contributed by atoms with Gasteiger partial charge in [0.1, 0.15) is 17.7 Å². The lowest BCUT2D eigenvalue weighted by atomic mass is 9.96. The number of hydrogen-bond donors (Lipinski definition) is 1. The van der Waals surface area contributed by atoms with Crippen LogP contribution in [0, 0.1) is 23.5 Å². The maximum Gasteiger partial charge on any atom is 0.413 e. The van der Waals surface area contributed by atoms with E-state index in [0.717, 1.165) is 23.1 Å². The fraction of sp³-hybridized carbons (Fsp3) is 0.526. The smallest absolute Gasteiger partial charge is 0.413 e. The van der Waals surface area contributed by atoms with E-state index in [-0.39, 0.29) is 24.9 Å². The summed E-state index contributed by atoms with van der Waals surface area (Å²) in [6.45, 7) is 4.59. The lowest BCUT2D eigenvalue weighted by Crippen LogP contribution is -2.42. The summed E-state index contributed by atoms with van der Waals surface area (Å²) >= 11 is 0. The van der Waals surface area contributed by atoms with E-state index in [2.05, 4.69) is 0 Å². The quantitative estimate of drug-likeness (QED) is 0.584. The molecule has 1 fully saturated rings. The van der Waals surface area contributed by atoms with E-state index >= 15 is 0 Å². The predicted molar refractivity (Wildman–Crippen MR) is 93.2 cm³/mol. The number of rotatable bonds is 6. The molecule has 0 saturated carbocycles. The molecule has 1 N–H and O–H groups in total. The van der Waals surface area contributed by atoms with Crippen LogP contribution in [-0.2, 0) is 25.5 Å². The van der Waals surface area contributed by atoms with Crippen molar-refractivity contribution in [3.63, 3.8) is 0 Å². The summed E-state index contributed by atoms with van der Waals surface area (Å²) in [5.41, 5.74) is 0.114. The van der Waals surface area contributed by atoms with Gasteiger partial charge in [0.15, 0.2) is 0 Å². The molecule has 154 valence electrons. The maximum atomic E-state index is 13.9. The fourth-order valence-electron chi connectivity index (χ4n) is 3.05. The molecule has 1 aliphatic heterocycles. The number of hydrogen-bond acceptors (Lipinski definition) is 5. The molecule has 3 atom stereocenters. The number of amides is 1. The van der Waals surface area contributed by atoms with E-state index in [4.69, 9.17) is 9.47 Å². The Morgan fingerprint density at radius 2 is 1.89 bits per heavy atom. The van der Waals surface area contributed by atoms with Crippen LogP contribution < -0.4 is 0 Å². The van der Waals surface area contributed by atoms with Gasteiger partial charge in [0, 0.05) is 13.5 Å². The maximum absolute atomic E-state index is 13.9. The first-order valence-electron chi connectivity index (χ1n) is 8.93. The van der Waals surface area contributed by atoms with Crippen LogP contribution in [-0.4, -0.2) is 46.9 Å². The van der Waals surface area contributed by atoms with Crippen molar-refractivity contribution in [2.75, 3.05) is 6.54 Å². The minimum atomic E-state index is -1.23. The van der Waals surface area contributed by atoms with Gasteiger partial charge < -0.3 is 14.6 Å². The first-order valence-corrected chi connectivity index (χ1v) is 8.93.